The number of benzene rings is 1. The molecule has 1 heterocycles. The fourth-order valence-electron chi connectivity index (χ4n) is 2.46. The van der Waals surface area contributed by atoms with Gasteiger partial charge in [-0.05, 0) is 43.8 Å². The molecule has 3 heteroatoms. The maximum absolute atomic E-state index is 3.46. The van der Waals surface area contributed by atoms with E-state index in [0.717, 1.165) is 19.0 Å². The smallest absolute Gasteiger partial charge is 0.0504 e. The lowest BCUT2D eigenvalue weighted by atomic mass is 10.1. The maximum Gasteiger partial charge on any atom is 0.0504 e. The summed E-state index contributed by atoms with van der Waals surface area (Å²) in [4.78, 5) is 3.94. The molecule has 0 bridgehead atoms. The Labute approximate surface area is 109 Å². The second kappa shape index (κ2) is 6.31. The van der Waals surface area contributed by atoms with E-state index in [9.17, 15) is 0 Å². The van der Waals surface area contributed by atoms with Crippen molar-refractivity contribution in [2.24, 2.45) is 5.92 Å². The molecule has 0 aliphatic carbocycles. The van der Waals surface area contributed by atoms with Gasteiger partial charge in [0.15, 0.2) is 0 Å². The van der Waals surface area contributed by atoms with E-state index in [4.69, 9.17) is 0 Å². The lowest BCUT2D eigenvalue weighted by Crippen LogP contribution is -2.26. The van der Waals surface area contributed by atoms with Crippen molar-refractivity contribution in [2.75, 3.05) is 37.3 Å². The van der Waals surface area contributed by atoms with Gasteiger partial charge in [0.1, 0.15) is 0 Å². The van der Waals surface area contributed by atoms with Gasteiger partial charge in [0.2, 0.25) is 0 Å². The third-order valence-electron chi connectivity index (χ3n) is 3.39. The molecule has 0 radical (unpaired) electrons. The van der Waals surface area contributed by atoms with Crippen LogP contribution in [0.1, 0.15) is 13.3 Å². The standard InChI is InChI=1S/C14H22N2S/c1-3-15-10-12-8-9-16(11-12)13-6-4-5-7-14(13)17-2/h4-7,12,15H,3,8-11H2,1-2H3. The van der Waals surface area contributed by atoms with Crippen LogP contribution in [0.5, 0.6) is 0 Å². The first-order valence-corrected chi connectivity index (χ1v) is 7.66. The summed E-state index contributed by atoms with van der Waals surface area (Å²) in [6, 6.07) is 8.74. The van der Waals surface area contributed by atoms with Crippen molar-refractivity contribution < 1.29 is 0 Å². The number of hydrogen-bond acceptors (Lipinski definition) is 3. The molecule has 0 aromatic heterocycles. The number of thioether (sulfide) groups is 1. The molecule has 1 N–H and O–H groups in total. The van der Waals surface area contributed by atoms with Crippen LogP contribution in [0, 0.1) is 5.92 Å². The van der Waals surface area contributed by atoms with Crippen molar-refractivity contribution in [3.63, 3.8) is 0 Å². The van der Waals surface area contributed by atoms with E-state index < -0.39 is 0 Å². The molecule has 1 unspecified atom stereocenters. The number of anilines is 1. The molecule has 2 nitrogen and oxygen atoms in total. The number of nitrogens with one attached hydrogen (secondary N) is 1. The van der Waals surface area contributed by atoms with Crippen molar-refractivity contribution >= 4 is 17.4 Å². The van der Waals surface area contributed by atoms with Gasteiger partial charge in [-0.3, -0.25) is 0 Å². The molecule has 0 saturated carbocycles. The fourth-order valence-corrected chi connectivity index (χ4v) is 3.08. The quantitative estimate of drug-likeness (QED) is 0.809. The molecular weight excluding hydrogens is 228 g/mol. The van der Waals surface area contributed by atoms with Crippen molar-refractivity contribution in [3.05, 3.63) is 24.3 Å². The van der Waals surface area contributed by atoms with Crippen LogP contribution in [0.2, 0.25) is 0 Å². The summed E-state index contributed by atoms with van der Waals surface area (Å²) < 4.78 is 0. The summed E-state index contributed by atoms with van der Waals surface area (Å²) in [5.74, 6) is 0.810. The molecule has 1 fully saturated rings. The lowest BCUT2D eigenvalue weighted by Gasteiger charge is -2.21. The first-order valence-electron chi connectivity index (χ1n) is 6.43. The normalized spacial score (nSPS) is 19.9. The summed E-state index contributed by atoms with van der Waals surface area (Å²) in [6.07, 6.45) is 3.47. The van der Waals surface area contributed by atoms with Crippen LogP contribution in [-0.2, 0) is 0 Å². The Hall–Kier alpha value is -0.670. The average Bonchev–Trinajstić information content (AvgIpc) is 2.85. The molecule has 1 aliphatic rings. The van der Waals surface area contributed by atoms with Gasteiger partial charge in [-0.25, -0.2) is 0 Å². The van der Waals surface area contributed by atoms with Crippen LogP contribution in [0.25, 0.3) is 0 Å². The van der Waals surface area contributed by atoms with Crippen LogP contribution in [0.15, 0.2) is 29.2 Å². The zero-order chi connectivity index (χ0) is 12.1. The van der Waals surface area contributed by atoms with Crippen LogP contribution in [0.3, 0.4) is 0 Å². The molecule has 2 rings (SSSR count). The molecular formula is C14H22N2S. The summed E-state index contributed by atoms with van der Waals surface area (Å²) in [5, 5.41) is 3.46. The average molecular weight is 250 g/mol. The van der Waals surface area contributed by atoms with Gasteiger partial charge in [0.05, 0.1) is 5.69 Å². The maximum atomic E-state index is 3.46. The molecule has 1 aliphatic heterocycles. The lowest BCUT2D eigenvalue weighted by molar-refractivity contribution is 0.527. The van der Waals surface area contributed by atoms with Gasteiger partial charge in [-0.15, -0.1) is 11.8 Å². The van der Waals surface area contributed by atoms with Crippen LogP contribution in [0.4, 0.5) is 5.69 Å². The highest BCUT2D eigenvalue weighted by atomic mass is 32.2. The van der Waals surface area contributed by atoms with Gasteiger partial charge in [0, 0.05) is 18.0 Å². The van der Waals surface area contributed by atoms with Crippen molar-refractivity contribution in [1.82, 2.24) is 5.32 Å². The van der Waals surface area contributed by atoms with E-state index in [1.54, 1.807) is 0 Å². The van der Waals surface area contributed by atoms with E-state index in [1.807, 2.05) is 11.8 Å². The Kier molecular flexibility index (Phi) is 4.75. The van der Waals surface area contributed by atoms with Gasteiger partial charge in [0.25, 0.3) is 0 Å². The van der Waals surface area contributed by atoms with Crippen molar-refractivity contribution in [3.8, 4) is 0 Å². The van der Waals surface area contributed by atoms with Crippen molar-refractivity contribution in [1.29, 1.82) is 0 Å². The van der Waals surface area contributed by atoms with E-state index in [1.165, 1.54) is 30.1 Å². The molecule has 0 amide bonds. The Morgan fingerprint density at radius 2 is 2.24 bits per heavy atom. The summed E-state index contributed by atoms with van der Waals surface area (Å²) in [6.45, 7) is 6.82. The SMILES string of the molecule is CCNCC1CCN(c2ccccc2SC)C1. The number of hydrogen-bond donors (Lipinski definition) is 1. The predicted octanol–water partition coefficient (Wildman–Crippen LogP) is 2.84. The molecule has 1 saturated heterocycles. The molecule has 1 aromatic carbocycles. The Morgan fingerprint density at radius 1 is 1.41 bits per heavy atom. The summed E-state index contributed by atoms with van der Waals surface area (Å²) >= 11 is 1.84. The number of rotatable bonds is 5. The zero-order valence-electron chi connectivity index (χ0n) is 10.8. The molecule has 94 valence electrons. The minimum absolute atomic E-state index is 0.810. The van der Waals surface area contributed by atoms with Crippen LogP contribution < -0.4 is 10.2 Å². The third kappa shape index (κ3) is 3.17. The summed E-state index contributed by atoms with van der Waals surface area (Å²) in [7, 11) is 0. The molecule has 0 spiro atoms. The van der Waals surface area contributed by atoms with Gasteiger partial charge in [-0.1, -0.05) is 19.1 Å². The van der Waals surface area contributed by atoms with Gasteiger partial charge < -0.3 is 10.2 Å². The fraction of sp³-hybridized carbons (Fsp3) is 0.571. The minimum Gasteiger partial charge on any atom is -0.370 e. The minimum atomic E-state index is 0.810. The highest BCUT2D eigenvalue weighted by Crippen LogP contribution is 2.31. The Balaban J connectivity index is 1.99. The number of nitrogens with zero attached hydrogens (tertiary/aromatic N) is 1. The van der Waals surface area contributed by atoms with Crippen molar-refractivity contribution in [2.45, 2.75) is 18.2 Å². The number of para-hydroxylation sites is 1. The molecule has 1 aromatic rings. The zero-order valence-corrected chi connectivity index (χ0v) is 11.6. The molecule has 1 atom stereocenters. The van der Waals surface area contributed by atoms with E-state index >= 15 is 0 Å². The highest BCUT2D eigenvalue weighted by Gasteiger charge is 2.23. The largest absolute Gasteiger partial charge is 0.370 e. The Morgan fingerprint density at radius 3 is 3.00 bits per heavy atom. The van der Waals surface area contributed by atoms with Gasteiger partial charge in [-0.2, -0.15) is 0 Å². The van der Waals surface area contributed by atoms with Crippen LogP contribution >= 0.6 is 11.8 Å². The Bertz CT molecular complexity index is 354. The second-order valence-corrected chi connectivity index (χ2v) is 5.43. The van der Waals surface area contributed by atoms with E-state index in [-0.39, 0.29) is 0 Å². The van der Waals surface area contributed by atoms with Crippen LogP contribution in [-0.4, -0.2) is 32.4 Å². The highest BCUT2D eigenvalue weighted by molar-refractivity contribution is 7.98. The predicted molar refractivity (Wildman–Crippen MR) is 77.1 cm³/mol. The first kappa shape index (κ1) is 12.8. The monoisotopic (exact) mass is 250 g/mol. The van der Waals surface area contributed by atoms with E-state index in [2.05, 4.69) is 47.7 Å². The summed E-state index contributed by atoms with van der Waals surface area (Å²) in [5.41, 5.74) is 1.42. The second-order valence-electron chi connectivity index (χ2n) is 4.58. The third-order valence-corrected chi connectivity index (χ3v) is 4.18. The van der Waals surface area contributed by atoms with Gasteiger partial charge >= 0.3 is 0 Å². The topological polar surface area (TPSA) is 15.3 Å². The first-order chi connectivity index (χ1) is 8.35. The van der Waals surface area contributed by atoms with E-state index in [0.29, 0.717) is 0 Å². The molecule has 17 heavy (non-hydrogen) atoms.